The van der Waals surface area contributed by atoms with Crippen LogP contribution < -0.4 is 5.73 Å². The zero-order valence-electron chi connectivity index (χ0n) is 14.6. The molecule has 0 unspecified atom stereocenters. The lowest BCUT2D eigenvalue weighted by Gasteiger charge is -2.28. The van der Waals surface area contributed by atoms with Crippen LogP contribution in [-0.4, -0.2) is 24.2 Å². The highest BCUT2D eigenvalue weighted by atomic mass is 16.5. The van der Waals surface area contributed by atoms with Gasteiger partial charge in [-0.3, -0.25) is 0 Å². The van der Waals surface area contributed by atoms with Gasteiger partial charge >= 0.3 is 5.97 Å². The molecule has 0 aliphatic heterocycles. The first-order valence-corrected chi connectivity index (χ1v) is 8.18. The normalized spacial score (nSPS) is 10.9. The molecule has 0 amide bonds. The Morgan fingerprint density at radius 3 is 1.58 bits per heavy atom. The fourth-order valence-electron chi connectivity index (χ4n) is 2.37. The molecule has 0 bridgehead atoms. The van der Waals surface area contributed by atoms with Crippen LogP contribution in [-0.2, 0) is 15.1 Å². The molecule has 24 heavy (non-hydrogen) atoms. The van der Waals surface area contributed by atoms with Gasteiger partial charge in [-0.1, -0.05) is 74.5 Å². The minimum atomic E-state index is -1.46. The molecule has 0 heterocycles. The van der Waals surface area contributed by atoms with Crippen LogP contribution in [0, 0.1) is 0 Å². The molecule has 0 fully saturated rings. The molecule has 2 aromatic rings. The van der Waals surface area contributed by atoms with Crippen LogP contribution in [0.1, 0.15) is 37.8 Å². The molecule has 4 heteroatoms. The molecule has 0 radical (unpaired) electrons. The van der Waals surface area contributed by atoms with Gasteiger partial charge in [-0.15, -0.1) is 0 Å². The molecule has 0 aliphatic rings. The summed E-state index contributed by atoms with van der Waals surface area (Å²) in [7, 11) is 1.41. The Bertz CT molecular complexity index is 555. The molecule has 4 nitrogen and oxygen atoms in total. The highest BCUT2D eigenvalue weighted by Crippen LogP contribution is 2.33. The van der Waals surface area contributed by atoms with E-state index in [0.717, 1.165) is 12.8 Å². The fraction of sp³-hybridized carbons (Fsp3) is 0.350. The van der Waals surface area contributed by atoms with E-state index in [2.05, 4.69) is 13.8 Å². The lowest BCUT2D eigenvalue weighted by molar-refractivity contribution is -0.158. The van der Waals surface area contributed by atoms with Crippen LogP contribution in [0.3, 0.4) is 0 Å². The van der Waals surface area contributed by atoms with E-state index in [1.807, 2.05) is 12.1 Å². The Labute approximate surface area is 144 Å². The molecule has 0 aliphatic carbocycles. The molecular formula is C20H27NO3. The van der Waals surface area contributed by atoms with E-state index in [0.29, 0.717) is 17.2 Å². The second-order valence-electron chi connectivity index (χ2n) is 5.50. The van der Waals surface area contributed by atoms with Gasteiger partial charge in [0.2, 0.25) is 5.60 Å². The summed E-state index contributed by atoms with van der Waals surface area (Å²) < 4.78 is 5.37. The second-order valence-corrected chi connectivity index (χ2v) is 5.50. The molecule has 0 aromatic heterocycles. The van der Waals surface area contributed by atoms with Crippen molar-refractivity contribution in [1.29, 1.82) is 0 Å². The van der Waals surface area contributed by atoms with Gasteiger partial charge in [0.25, 0.3) is 0 Å². The summed E-state index contributed by atoms with van der Waals surface area (Å²) in [6.45, 7) is 4.21. The van der Waals surface area contributed by atoms with E-state index in [-0.39, 0.29) is 0 Å². The third-order valence-corrected chi connectivity index (χ3v) is 4.02. The van der Waals surface area contributed by atoms with Gasteiger partial charge < -0.3 is 15.6 Å². The number of aliphatic carboxylic acids is 1. The topological polar surface area (TPSA) is 72.5 Å². The summed E-state index contributed by atoms with van der Waals surface area (Å²) in [5.41, 5.74) is 5.22. The highest BCUT2D eigenvalue weighted by Gasteiger charge is 2.42. The maximum Gasteiger partial charge on any atom is 0.345 e. The monoisotopic (exact) mass is 329 g/mol. The van der Waals surface area contributed by atoms with E-state index >= 15 is 0 Å². The average molecular weight is 329 g/mol. The predicted octanol–water partition coefficient (Wildman–Crippen LogP) is 3.79. The van der Waals surface area contributed by atoms with E-state index in [4.69, 9.17) is 10.5 Å². The third kappa shape index (κ3) is 4.66. The quantitative estimate of drug-likeness (QED) is 0.845. The van der Waals surface area contributed by atoms with Crippen molar-refractivity contribution in [3.63, 3.8) is 0 Å². The maximum atomic E-state index is 11.7. The van der Waals surface area contributed by atoms with Crippen molar-refractivity contribution in [2.24, 2.45) is 5.73 Å². The first-order valence-electron chi connectivity index (χ1n) is 8.18. The van der Waals surface area contributed by atoms with Crippen molar-refractivity contribution in [2.45, 2.75) is 38.3 Å². The molecule has 2 rings (SSSR count). The smallest absolute Gasteiger partial charge is 0.345 e. The summed E-state index contributed by atoms with van der Waals surface area (Å²) in [4.78, 5) is 11.7. The van der Waals surface area contributed by atoms with Crippen molar-refractivity contribution < 1.29 is 14.6 Å². The summed E-state index contributed by atoms with van der Waals surface area (Å²) in [6, 6.07) is 18.3. The Kier molecular flexibility index (Phi) is 8.16. The first-order chi connectivity index (χ1) is 11.5. The summed E-state index contributed by atoms with van der Waals surface area (Å²) >= 11 is 0. The molecular weight excluding hydrogens is 302 g/mol. The number of nitrogens with two attached hydrogens (primary N) is 1. The van der Waals surface area contributed by atoms with Crippen LogP contribution in [0.4, 0.5) is 0 Å². The lowest BCUT2D eigenvalue weighted by atomic mass is 9.86. The number of carboxylic acid groups (broad SMARTS) is 1. The third-order valence-electron chi connectivity index (χ3n) is 4.02. The molecule has 0 saturated carbocycles. The molecule has 0 atom stereocenters. The van der Waals surface area contributed by atoms with Gasteiger partial charge in [0.05, 0.1) is 0 Å². The van der Waals surface area contributed by atoms with Gasteiger partial charge in [0, 0.05) is 13.2 Å². The highest BCUT2D eigenvalue weighted by molar-refractivity contribution is 5.84. The van der Waals surface area contributed by atoms with Crippen LogP contribution in [0.2, 0.25) is 0 Å². The van der Waals surface area contributed by atoms with Crippen molar-refractivity contribution in [1.82, 2.24) is 0 Å². The Hall–Kier alpha value is -2.17. The second kappa shape index (κ2) is 9.85. The number of methoxy groups -OCH3 is 1. The SMILES string of the molecule is CCC(N)CC.COC(C(=O)O)(c1ccccc1)c1ccccc1. The zero-order chi connectivity index (χ0) is 18.0. The van der Waals surface area contributed by atoms with Gasteiger partial charge in [-0.05, 0) is 24.0 Å². The van der Waals surface area contributed by atoms with E-state index in [9.17, 15) is 9.90 Å². The van der Waals surface area contributed by atoms with Crippen LogP contribution in [0.5, 0.6) is 0 Å². The van der Waals surface area contributed by atoms with Crippen molar-refractivity contribution in [2.75, 3.05) is 7.11 Å². The minimum absolute atomic E-state index is 0.435. The number of rotatable bonds is 6. The fourth-order valence-corrected chi connectivity index (χ4v) is 2.37. The minimum Gasteiger partial charge on any atom is -0.479 e. The van der Waals surface area contributed by atoms with Gasteiger partial charge in [-0.2, -0.15) is 0 Å². The molecule has 0 saturated heterocycles. The Morgan fingerprint density at radius 1 is 1.00 bits per heavy atom. The maximum absolute atomic E-state index is 11.7. The van der Waals surface area contributed by atoms with Crippen molar-refractivity contribution >= 4 is 5.97 Å². The summed E-state index contributed by atoms with van der Waals surface area (Å²) in [5.74, 6) is -1.03. The Balaban J connectivity index is 0.000000413. The van der Waals surface area contributed by atoms with Crippen LogP contribution in [0.25, 0.3) is 0 Å². The Morgan fingerprint density at radius 2 is 1.38 bits per heavy atom. The molecule has 3 N–H and O–H groups in total. The number of hydrogen-bond donors (Lipinski definition) is 2. The lowest BCUT2D eigenvalue weighted by Crippen LogP contribution is -2.38. The molecule has 0 spiro atoms. The standard InChI is InChI=1S/C15H14O3.C5H13N/c1-18-15(14(16)17,12-8-4-2-5-9-12)13-10-6-3-7-11-13;1-3-5(6)4-2/h2-11H,1H3,(H,16,17);5H,3-4,6H2,1-2H3. The number of ether oxygens (including phenoxy) is 1. The molecule has 2 aromatic carbocycles. The number of carbonyl (C=O) groups is 1. The number of hydrogen-bond acceptors (Lipinski definition) is 3. The van der Waals surface area contributed by atoms with Gasteiger partial charge in [-0.25, -0.2) is 4.79 Å². The largest absolute Gasteiger partial charge is 0.479 e. The number of benzene rings is 2. The summed E-state index contributed by atoms with van der Waals surface area (Å²) in [5, 5.41) is 9.61. The number of carboxylic acids is 1. The van der Waals surface area contributed by atoms with Crippen LogP contribution >= 0.6 is 0 Å². The predicted molar refractivity (Wildman–Crippen MR) is 96.9 cm³/mol. The van der Waals surface area contributed by atoms with Crippen molar-refractivity contribution in [3.05, 3.63) is 71.8 Å². The average Bonchev–Trinajstić information content (AvgIpc) is 2.64. The van der Waals surface area contributed by atoms with Gasteiger partial charge in [0.15, 0.2) is 0 Å². The van der Waals surface area contributed by atoms with E-state index < -0.39 is 11.6 Å². The van der Waals surface area contributed by atoms with Gasteiger partial charge in [0.1, 0.15) is 0 Å². The zero-order valence-corrected chi connectivity index (χ0v) is 14.6. The van der Waals surface area contributed by atoms with Crippen LogP contribution in [0.15, 0.2) is 60.7 Å². The van der Waals surface area contributed by atoms with E-state index in [1.54, 1.807) is 48.5 Å². The first kappa shape index (κ1) is 19.9. The van der Waals surface area contributed by atoms with E-state index in [1.165, 1.54) is 7.11 Å². The summed E-state index contributed by atoms with van der Waals surface area (Å²) in [6.07, 6.45) is 2.22. The van der Waals surface area contributed by atoms with Crippen molar-refractivity contribution in [3.8, 4) is 0 Å². The molecule has 130 valence electrons.